The van der Waals surface area contributed by atoms with Gasteiger partial charge in [-0.3, -0.25) is 4.79 Å². The van der Waals surface area contributed by atoms with Gasteiger partial charge in [-0.05, 0) is 24.2 Å². The zero-order valence-corrected chi connectivity index (χ0v) is 11.2. The van der Waals surface area contributed by atoms with Crippen LogP contribution in [0.2, 0.25) is 0 Å². The molecule has 0 saturated carbocycles. The van der Waals surface area contributed by atoms with E-state index in [0.29, 0.717) is 13.1 Å². The van der Waals surface area contributed by atoms with Gasteiger partial charge in [-0.25, -0.2) is 4.39 Å². The van der Waals surface area contributed by atoms with Crippen molar-refractivity contribution in [1.82, 2.24) is 10.2 Å². The minimum atomic E-state index is -0.256. The third kappa shape index (κ3) is 4.45. The largest absolute Gasteiger partial charge is 0.341 e. The highest BCUT2D eigenvalue weighted by molar-refractivity contribution is 5.78. The molecule has 0 saturated heterocycles. The molecular weight excluding hydrogens is 231 g/mol. The summed E-state index contributed by atoms with van der Waals surface area (Å²) in [6, 6.07) is 6.23. The van der Waals surface area contributed by atoms with E-state index in [4.69, 9.17) is 0 Å². The molecule has 0 aliphatic carbocycles. The lowest BCUT2D eigenvalue weighted by Crippen LogP contribution is -2.36. The Morgan fingerprint density at radius 1 is 1.39 bits per heavy atom. The molecule has 0 spiro atoms. The first-order chi connectivity index (χ1) is 8.54. The summed E-state index contributed by atoms with van der Waals surface area (Å²) in [6.07, 6.45) is 0. The van der Waals surface area contributed by atoms with Gasteiger partial charge in [0.05, 0.1) is 0 Å². The maximum absolute atomic E-state index is 12.8. The zero-order chi connectivity index (χ0) is 13.5. The van der Waals surface area contributed by atoms with Crippen LogP contribution < -0.4 is 5.32 Å². The predicted molar refractivity (Wildman–Crippen MR) is 70.6 cm³/mol. The minimum absolute atomic E-state index is 0.0459. The van der Waals surface area contributed by atoms with Gasteiger partial charge in [-0.15, -0.1) is 0 Å². The number of carbonyl (C=O) groups is 1. The van der Waals surface area contributed by atoms with E-state index in [2.05, 4.69) is 5.32 Å². The van der Waals surface area contributed by atoms with Gasteiger partial charge in [-0.2, -0.15) is 0 Å². The summed E-state index contributed by atoms with van der Waals surface area (Å²) >= 11 is 0. The van der Waals surface area contributed by atoms with Crippen LogP contribution in [0.15, 0.2) is 24.3 Å². The fraction of sp³-hybridized carbons (Fsp3) is 0.500. The maximum atomic E-state index is 12.8. The Morgan fingerprint density at radius 3 is 2.56 bits per heavy atom. The number of nitrogens with one attached hydrogen (secondary N) is 1. The third-order valence-corrected chi connectivity index (χ3v) is 2.83. The van der Waals surface area contributed by atoms with Crippen molar-refractivity contribution in [2.75, 3.05) is 20.1 Å². The molecule has 18 heavy (non-hydrogen) atoms. The lowest BCUT2D eigenvalue weighted by molar-refractivity contribution is -0.134. The van der Waals surface area contributed by atoms with Crippen molar-refractivity contribution >= 4 is 5.91 Å². The highest BCUT2D eigenvalue weighted by Crippen LogP contribution is 2.08. The number of hydrogen-bond donors (Lipinski definition) is 1. The molecular formula is C14H21FN2O. The zero-order valence-electron chi connectivity index (χ0n) is 11.2. The SMILES string of the molecule is CCNCC(C)C(=O)N(C)Cc1ccc(F)cc1. The molecule has 1 N–H and O–H groups in total. The number of nitrogens with zero attached hydrogens (tertiary/aromatic N) is 1. The normalized spacial score (nSPS) is 12.2. The summed E-state index contributed by atoms with van der Waals surface area (Å²) in [5.41, 5.74) is 0.933. The second-order valence-electron chi connectivity index (χ2n) is 4.53. The average molecular weight is 252 g/mol. The Balaban J connectivity index is 2.51. The quantitative estimate of drug-likeness (QED) is 0.840. The van der Waals surface area contributed by atoms with E-state index in [9.17, 15) is 9.18 Å². The van der Waals surface area contributed by atoms with Crippen LogP contribution in [-0.4, -0.2) is 30.9 Å². The highest BCUT2D eigenvalue weighted by atomic mass is 19.1. The molecule has 100 valence electrons. The number of benzene rings is 1. The number of hydrogen-bond acceptors (Lipinski definition) is 2. The highest BCUT2D eigenvalue weighted by Gasteiger charge is 2.16. The molecule has 3 nitrogen and oxygen atoms in total. The van der Waals surface area contributed by atoms with Crippen molar-refractivity contribution in [3.63, 3.8) is 0 Å². The molecule has 4 heteroatoms. The molecule has 0 radical (unpaired) electrons. The number of carbonyl (C=O) groups excluding carboxylic acids is 1. The van der Waals surface area contributed by atoms with Gasteiger partial charge in [0, 0.05) is 26.1 Å². The molecule has 0 aromatic heterocycles. The first kappa shape index (κ1) is 14.6. The van der Waals surface area contributed by atoms with Crippen molar-refractivity contribution in [2.45, 2.75) is 20.4 Å². The second kappa shape index (κ2) is 7.11. The van der Waals surface area contributed by atoms with E-state index in [1.807, 2.05) is 13.8 Å². The molecule has 1 rings (SSSR count). The van der Waals surface area contributed by atoms with E-state index >= 15 is 0 Å². The molecule has 1 amide bonds. The average Bonchev–Trinajstić information content (AvgIpc) is 2.37. The van der Waals surface area contributed by atoms with Crippen LogP contribution in [0.3, 0.4) is 0 Å². The van der Waals surface area contributed by atoms with Crippen LogP contribution in [0.1, 0.15) is 19.4 Å². The number of halogens is 1. The van der Waals surface area contributed by atoms with Gasteiger partial charge in [0.15, 0.2) is 0 Å². The lowest BCUT2D eigenvalue weighted by Gasteiger charge is -2.21. The Bertz CT molecular complexity index is 378. The monoisotopic (exact) mass is 252 g/mol. The van der Waals surface area contributed by atoms with Crippen LogP contribution >= 0.6 is 0 Å². The summed E-state index contributed by atoms with van der Waals surface area (Å²) in [7, 11) is 1.77. The van der Waals surface area contributed by atoms with E-state index in [1.54, 1.807) is 24.1 Å². The number of amides is 1. The molecule has 1 aromatic carbocycles. The second-order valence-corrected chi connectivity index (χ2v) is 4.53. The van der Waals surface area contributed by atoms with Crippen LogP contribution in [0, 0.1) is 11.7 Å². The predicted octanol–water partition coefficient (Wildman–Crippen LogP) is 2.03. The first-order valence-electron chi connectivity index (χ1n) is 6.24. The van der Waals surface area contributed by atoms with Gasteiger partial charge in [0.1, 0.15) is 5.82 Å². The fourth-order valence-corrected chi connectivity index (χ4v) is 1.77. The van der Waals surface area contributed by atoms with Crippen molar-refractivity contribution in [3.8, 4) is 0 Å². The number of rotatable bonds is 6. The molecule has 0 bridgehead atoms. The van der Waals surface area contributed by atoms with Crippen LogP contribution in [0.25, 0.3) is 0 Å². The Labute approximate surface area is 108 Å². The summed E-state index contributed by atoms with van der Waals surface area (Å²) in [5, 5.41) is 3.16. The summed E-state index contributed by atoms with van der Waals surface area (Å²) in [4.78, 5) is 13.7. The Hall–Kier alpha value is -1.42. The van der Waals surface area contributed by atoms with Crippen molar-refractivity contribution < 1.29 is 9.18 Å². The molecule has 0 fully saturated rings. The van der Waals surface area contributed by atoms with Crippen LogP contribution in [0.4, 0.5) is 4.39 Å². The molecule has 0 heterocycles. The summed E-state index contributed by atoms with van der Waals surface area (Å²) in [5.74, 6) is -0.205. The van der Waals surface area contributed by atoms with Crippen molar-refractivity contribution in [3.05, 3.63) is 35.6 Å². The van der Waals surface area contributed by atoms with Crippen LogP contribution in [0.5, 0.6) is 0 Å². The van der Waals surface area contributed by atoms with E-state index in [0.717, 1.165) is 12.1 Å². The fourth-order valence-electron chi connectivity index (χ4n) is 1.77. The Morgan fingerprint density at radius 2 is 2.00 bits per heavy atom. The third-order valence-electron chi connectivity index (χ3n) is 2.83. The molecule has 1 unspecified atom stereocenters. The minimum Gasteiger partial charge on any atom is -0.341 e. The Kier molecular flexibility index (Phi) is 5.78. The molecule has 1 aromatic rings. The summed E-state index contributed by atoms with van der Waals surface area (Å²) in [6.45, 7) is 5.98. The molecule has 0 aliphatic rings. The van der Waals surface area contributed by atoms with Crippen molar-refractivity contribution in [2.24, 2.45) is 5.92 Å². The van der Waals surface area contributed by atoms with E-state index in [1.165, 1.54) is 12.1 Å². The van der Waals surface area contributed by atoms with E-state index < -0.39 is 0 Å². The van der Waals surface area contributed by atoms with Gasteiger partial charge in [0.2, 0.25) is 5.91 Å². The maximum Gasteiger partial charge on any atom is 0.226 e. The first-order valence-corrected chi connectivity index (χ1v) is 6.24. The molecule has 0 aliphatic heterocycles. The van der Waals surface area contributed by atoms with Crippen LogP contribution in [-0.2, 0) is 11.3 Å². The van der Waals surface area contributed by atoms with Gasteiger partial charge >= 0.3 is 0 Å². The van der Waals surface area contributed by atoms with E-state index in [-0.39, 0.29) is 17.6 Å². The topological polar surface area (TPSA) is 32.3 Å². The van der Waals surface area contributed by atoms with Gasteiger partial charge in [-0.1, -0.05) is 26.0 Å². The van der Waals surface area contributed by atoms with Gasteiger partial charge < -0.3 is 10.2 Å². The lowest BCUT2D eigenvalue weighted by atomic mass is 10.1. The standard InChI is InChI=1S/C14H21FN2O/c1-4-16-9-11(2)14(18)17(3)10-12-5-7-13(15)8-6-12/h5-8,11,16H,4,9-10H2,1-3H3. The van der Waals surface area contributed by atoms with Crippen molar-refractivity contribution in [1.29, 1.82) is 0 Å². The molecule has 1 atom stereocenters. The summed E-state index contributed by atoms with van der Waals surface area (Å²) < 4.78 is 12.8. The van der Waals surface area contributed by atoms with Gasteiger partial charge in [0.25, 0.3) is 0 Å². The smallest absolute Gasteiger partial charge is 0.226 e.